The highest BCUT2D eigenvalue weighted by atomic mass is 32.2. The molecule has 1 aromatic rings. The van der Waals surface area contributed by atoms with Crippen molar-refractivity contribution >= 4 is 17.8 Å². The molecule has 0 radical (unpaired) electrons. The van der Waals surface area contributed by atoms with Gasteiger partial charge in [-0.3, -0.25) is 0 Å². The molecule has 0 bridgehead atoms. The number of nitrogens with one attached hydrogen (secondary N) is 1. The Balaban J connectivity index is 2.44. The standard InChI is InChI=1S/C15H24N2O2S/c1-12(5-4-10-18)16-15(19)17(2)11-13-6-8-14(20-3)9-7-13/h6-9,12,18H,4-5,10-11H2,1-3H3,(H,16,19). The third-order valence-corrected chi connectivity index (χ3v) is 3.83. The lowest BCUT2D eigenvalue weighted by Crippen LogP contribution is -2.41. The van der Waals surface area contributed by atoms with Crippen LogP contribution in [0.4, 0.5) is 4.79 Å². The number of aliphatic hydroxyl groups is 1. The zero-order valence-corrected chi connectivity index (χ0v) is 13.2. The Bertz CT molecular complexity index is 409. The first-order valence-electron chi connectivity index (χ1n) is 6.82. The third kappa shape index (κ3) is 5.84. The van der Waals surface area contributed by atoms with Crippen LogP contribution in [0.15, 0.2) is 29.2 Å². The molecule has 5 heteroatoms. The molecular weight excluding hydrogens is 272 g/mol. The van der Waals surface area contributed by atoms with Crippen molar-refractivity contribution in [2.24, 2.45) is 0 Å². The summed E-state index contributed by atoms with van der Waals surface area (Å²) in [5, 5.41) is 11.7. The van der Waals surface area contributed by atoms with Crippen LogP contribution in [-0.4, -0.2) is 42.0 Å². The van der Waals surface area contributed by atoms with E-state index in [9.17, 15) is 4.79 Å². The predicted octanol–water partition coefficient (Wildman–Crippen LogP) is 2.71. The van der Waals surface area contributed by atoms with Crippen molar-refractivity contribution in [2.45, 2.75) is 37.2 Å². The fourth-order valence-electron chi connectivity index (χ4n) is 1.87. The zero-order valence-electron chi connectivity index (χ0n) is 12.4. The molecule has 112 valence electrons. The van der Waals surface area contributed by atoms with Crippen LogP contribution in [-0.2, 0) is 6.54 Å². The maximum Gasteiger partial charge on any atom is 0.317 e. The number of nitrogens with zero attached hydrogens (tertiary/aromatic N) is 1. The summed E-state index contributed by atoms with van der Waals surface area (Å²) in [7, 11) is 1.79. The van der Waals surface area contributed by atoms with Crippen LogP contribution >= 0.6 is 11.8 Å². The average molecular weight is 296 g/mol. The fourth-order valence-corrected chi connectivity index (χ4v) is 2.28. The number of aliphatic hydroxyl groups excluding tert-OH is 1. The van der Waals surface area contributed by atoms with Gasteiger partial charge in [0.05, 0.1) is 0 Å². The Hall–Kier alpha value is -1.20. The molecule has 2 amide bonds. The van der Waals surface area contributed by atoms with Gasteiger partial charge in [-0.15, -0.1) is 11.8 Å². The monoisotopic (exact) mass is 296 g/mol. The van der Waals surface area contributed by atoms with Gasteiger partial charge in [0.1, 0.15) is 0 Å². The summed E-state index contributed by atoms with van der Waals surface area (Å²) in [5.41, 5.74) is 1.11. The summed E-state index contributed by atoms with van der Waals surface area (Å²) in [6, 6.07) is 8.22. The molecule has 0 fully saturated rings. The number of rotatable bonds is 7. The van der Waals surface area contributed by atoms with Crippen LogP contribution in [0.5, 0.6) is 0 Å². The molecule has 1 rings (SSSR count). The lowest BCUT2D eigenvalue weighted by Gasteiger charge is -2.21. The van der Waals surface area contributed by atoms with Gasteiger partial charge in [-0.05, 0) is 43.7 Å². The molecule has 2 N–H and O–H groups in total. The Morgan fingerprint density at radius 3 is 2.60 bits per heavy atom. The van der Waals surface area contributed by atoms with Gasteiger partial charge < -0.3 is 15.3 Å². The summed E-state index contributed by atoms with van der Waals surface area (Å²) in [4.78, 5) is 14.9. The van der Waals surface area contributed by atoms with Crippen molar-refractivity contribution in [3.8, 4) is 0 Å². The van der Waals surface area contributed by atoms with E-state index in [0.29, 0.717) is 13.0 Å². The Labute approximate surface area is 125 Å². The minimum Gasteiger partial charge on any atom is -0.396 e. The van der Waals surface area contributed by atoms with Gasteiger partial charge in [0.25, 0.3) is 0 Å². The zero-order chi connectivity index (χ0) is 15.0. The molecule has 0 aromatic heterocycles. The number of carbonyl (C=O) groups excluding carboxylic acids is 1. The van der Waals surface area contributed by atoms with Crippen LogP contribution < -0.4 is 5.32 Å². The average Bonchev–Trinajstić information content (AvgIpc) is 2.45. The number of carbonyl (C=O) groups is 1. The minimum atomic E-state index is -0.0793. The number of urea groups is 1. The van der Waals surface area contributed by atoms with Crippen molar-refractivity contribution < 1.29 is 9.90 Å². The van der Waals surface area contributed by atoms with Crippen LogP contribution in [0.3, 0.4) is 0 Å². The van der Waals surface area contributed by atoms with Crippen LogP contribution in [0.25, 0.3) is 0 Å². The highest BCUT2D eigenvalue weighted by Crippen LogP contribution is 2.15. The van der Waals surface area contributed by atoms with E-state index in [2.05, 4.69) is 17.4 Å². The van der Waals surface area contributed by atoms with E-state index in [0.717, 1.165) is 12.0 Å². The van der Waals surface area contributed by atoms with Crippen LogP contribution in [0.1, 0.15) is 25.3 Å². The number of hydrogen-bond donors (Lipinski definition) is 2. The molecule has 0 saturated carbocycles. The highest BCUT2D eigenvalue weighted by Gasteiger charge is 2.12. The predicted molar refractivity (Wildman–Crippen MR) is 84.0 cm³/mol. The highest BCUT2D eigenvalue weighted by molar-refractivity contribution is 7.98. The smallest absolute Gasteiger partial charge is 0.317 e. The molecule has 0 spiro atoms. The molecule has 0 aliphatic heterocycles. The second kappa shape index (κ2) is 8.87. The van der Waals surface area contributed by atoms with Crippen molar-refractivity contribution in [1.29, 1.82) is 0 Å². The minimum absolute atomic E-state index is 0.0793. The lowest BCUT2D eigenvalue weighted by atomic mass is 10.2. The first kappa shape index (κ1) is 16.9. The Morgan fingerprint density at radius 2 is 2.05 bits per heavy atom. The SMILES string of the molecule is CSc1ccc(CN(C)C(=O)NC(C)CCCO)cc1. The summed E-state index contributed by atoms with van der Waals surface area (Å²) in [6.45, 7) is 2.71. The summed E-state index contributed by atoms with van der Waals surface area (Å²) in [6.07, 6.45) is 3.54. The largest absolute Gasteiger partial charge is 0.396 e. The maximum absolute atomic E-state index is 12.0. The van der Waals surface area contributed by atoms with E-state index in [1.54, 1.807) is 23.7 Å². The quantitative estimate of drug-likeness (QED) is 0.761. The fraction of sp³-hybridized carbons (Fsp3) is 0.533. The molecule has 0 aliphatic carbocycles. The van der Waals surface area contributed by atoms with Gasteiger partial charge in [0.15, 0.2) is 0 Å². The van der Waals surface area contributed by atoms with E-state index >= 15 is 0 Å². The number of benzene rings is 1. The van der Waals surface area contributed by atoms with Gasteiger partial charge in [0, 0.05) is 31.1 Å². The summed E-state index contributed by atoms with van der Waals surface area (Å²) in [5.74, 6) is 0. The molecule has 1 unspecified atom stereocenters. The Kier molecular flexibility index (Phi) is 7.47. The van der Waals surface area contributed by atoms with Gasteiger partial charge in [-0.2, -0.15) is 0 Å². The summed E-state index contributed by atoms with van der Waals surface area (Å²) >= 11 is 1.71. The normalized spacial score (nSPS) is 12.0. The first-order valence-corrected chi connectivity index (χ1v) is 8.04. The third-order valence-electron chi connectivity index (χ3n) is 3.09. The van der Waals surface area contributed by atoms with E-state index in [-0.39, 0.29) is 18.7 Å². The van der Waals surface area contributed by atoms with Crippen molar-refractivity contribution in [2.75, 3.05) is 19.9 Å². The van der Waals surface area contributed by atoms with E-state index in [4.69, 9.17) is 5.11 Å². The molecule has 0 saturated heterocycles. The molecule has 0 heterocycles. The number of thioether (sulfide) groups is 1. The first-order chi connectivity index (χ1) is 9.56. The van der Waals surface area contributed by atoms with Crippen molar-refractivity contribution in [3.05, 3.63) is 29.8 Å². The van der Waals surface area contributed by atoms with E-state index in [1.165, 1.54) is 4.90 Å². The molecule has 0 aliphatic rings. The lowest BCUT2D eigenvalue weighted by molar-refractivity contribution is 0.201. The van der Waals surface area contributed by atoms with Crippen LogP contribution in [0.2, 0.25) is 0 Å². The van der Waals surface area contributed by atoms with Gasteiger partial charge >= 0.3 is 6.03 Å². The van der Waals surface area contributed by atoms with Crippen molar-refractivity contribution in [3.63, 3.8) is 0 Å². The van der Waals surface area contributed by atoms with Gasteiger partial charge in [-0.1, -0.05) is 12.1 Å². The van der Waals surface area contributed by atoms with Crippen molar-refractivity contribution in [1.82, 2.24) is 10.2 Å². The topological polar surface area (TPSA) is 52.6 Å². The molecule has 1 atom stereocenters. The van der Waals surface area contributed by atoms with Gasteiger partial charge in [-0.25, -0.2) is 4.79 Å². The second-order valence-corrected chi connectivity index (χ2v) is 5.80. The van der Waals surface area contributed by atoms with E-state index < -0.39 is 0 Å². The molecular formula is C15H24N2O2S. The number of hydrogen-bond acceptors (Lipinski definition) is 3. The molecule has 20 heavy (non-hydrogen) atoms. The second-order valence-electron chi connectivity index (χ2n) is 4.92. The van der Waals surface area contributed by atoms with Gasteiger partial charge in [0.2, 0.25) is 0 Å². The van der Waals surface area contributed by atoms with Crippen LogP contribution in [0, 0.1) is 0 Å². The molecule has 4 nitrogen and oxygen atoms in total. The molecule has 1 aromatic carbocycles. The Morgan fingerprint density at radius 1 is 1.40 bits per heavy atom. The summed E-state index contributed by atoms with van der Waals surface area (Å²) < 4.78 is 0. The van der Waals surface area contributed by atoms with E-state index in [1.807, 2.05) is 25.3 Å². The maximum atomic E-state index is 12.0. The number of amides is 2.